The van der Waals surface area contributed by atoms with E-state index in [1.54, 1.807) is 6.33 Å². The normalized spacial score (nSPS) is 15.9. The van der Waals surface area contributed by atoms with E-state index in [1.807, 2.05) is 18.2 Å². The molecule has 2 heterocycles. The fraction of sp³-hybridized carbons (Fsp3) is 0.333. The number of nitrogens with two attached hydrogens (primary N) is 1. The Morgan fingerprint density at radius 2 is 1.94 bits per heavy atom. The highest BCUT2D eigenvalue weighted by Gasteiger charge is 2.16. The maximum absolute atomic E-state index is 5.75. The van der Waals surface area contributed by atoms with Crippen LogP contribution < -0.4 is 10.6 Å². The second-order valence-electron chi connectivity index (χ2n) is 4.17. The zero-order valence-electron chi connectivity index (χ0n) is 9.06. The predicted octanol–water partition coefficient (Wildman–Crippen LogP) is 1.81. The molecule has 0 aliphatic carbocycles. The van der Waals surface area contributed by atoms with E-state index >= 15 is 0 Å². The van der Waals surface area contributed by atoms with Crippen LogP contribution in [0.3, 0.4) is 0 Å². The number of rotatable bonds is 1. The molecule has 0 radical (unpaired) electrons. The summed E-state index contributed by atoms with van der Waals surface area (Å²) < 4.78 is 0. The molecule has 1 fully saturated rings. The van der Waals surface area contributed by atoms with Gasteiger partial charge in [0.05, 0.1) is 5.52 Å². The Morgan fingerprint density at radius 1 is 1.12 bits per heavy atom. The van der Waals surface area contributed by atoms with Crippen molar-refractivity contribution in [3.63, 3.8) is 0 Å². The topological polar surface area (TPSA) is 55.0 Å². The fourth-order valence-corrected chi connectivity index (χ4v) is 2.24. The summed E-state index contributed by atoms with van der Waals surface area (Å²) in [6, 6.07) is 5.82. The van der Waals surface area contributed by atoms with Crippen LogP contribution in [0.5, 0.6) is 0 Å². The van der Waals surface area contributed by atoms with Gasteiger partial charge in [-0.25, -0.2) is 9.97 Å². The average molecular weight is 214 g/mol. The molecule has 0 bridgehead atoms. The summed E-state index contributed by atoms with van der Waals surface area (Å²) in [4.78, 5) is 11.0. The Balaban J connectivity index is 2.16. The first kappa shape index (κ1) is 9.39. The summed E-state index contributed by atoms with van der Waals surface area (Å²) in [6.07, 6.45) is 4.12. The Bertz CT molecular complexity index is 517. The van der Waals surface area contributed by atoms with E-state index in [4.69, 9.17) is 5.73 Å². The maximum atomic E-state index is 5.75. The van der Waals surface area contributed by atoms with Crippen molar-refractivity contribution in [1.29, 1.82) is 0 Å². The summed E-state index contributed by atoms with van der Waals surface area (Å²) in [5.74, 6) is 1.04. The molecule has 0 unspecified atom stereocenters. The molecule has 16 heavy (non-hydrogen) atoms. The van der Waals surface area contributed by atoms with Gasteiger partial charge in [-0.1, -0.05) is 0 Å². The zero-order valence-corrected chi connectivity index (χ0v) is 9.06. The SMILES string of the molecule is Nc1ccc2c(N3CCCC3)ncnc2c1. The van der Waals surface area contributed by atoms with Crippen molar-refractivity contribution in [2.75, 3.05) is 23.7 Å². The molecule has 1 aliphatic heterocycles. The van der Waals surface area contributed by atoms with E-state index in [1.165, 1.54) is 12.8 Å². The van der Waals surface area contributed by atoms with E-state index in [-0.39, 0.29) is 0 Å². The van der Waals surface area contributed by atoms with Crippen molar-refractivity contribution >= 4 is 22.4 Å². The molecule has 3 rings (SSSR count). The standard InChI is InChI=1S/C12H14N4/c13-9-3-4-10-11(7-9)14-8-15-12(10)16-5-1-2-6-16/h3-4,7-8H,1-2,5-6,13H2. The van der Waals surface area contributed by atoms with Crippen LogP contribution in [-0.4, -0.2) is 23.1 Å². The molecular formula is C12H14N4. The lowest BCUT2D eigenvalue weighted by atomic mass is 10.2. The van der Waals surface area contributed by atoms with Gasteiger partial charge >= 0.3 is 0 Å². The number of nitrogens with zero attached hydrogens (tertiary/aromatic N) is 3. The molecule has 2 N–H and O–H groups in total. The summed E-state index contributed by atoms with van der Waals surface area (Å²) in [5.41, 5.74) is 7.43. The zero-order chi connectivity index (χ0) is 11.0. The Kier molecular flexibility index (Phi) is 2.13. The van der Waals surface area contributed by atoms with Crippen molar-refractivity contribution in [2.45, 2.75) is 12.8 Å². The third-order valence-corrected chi connectivity index (χ3v) is 3.05. The van der Waals surface area contributed by atoms with Gasteiger partial charge in [0, 0.05) is 24.2 Å². The molecule has 1 aromatic carbocycles. The summed E-state index contributed by atoms with van der Waals surface area (Å²) >= 11 is 0. The molecule has 82 valence electrons. The molecule has 1 saturated heterocycles. The highest BCUT2D eigenvalue weighted by atomic mass is 15.2. The first-order valence-corrected chi connectivity index (χ1v) is 5.60. The first-order chi connectivity index (χ1) is 7.84. The molecule has 0 saturated carbocycles. The lowest BCUT2D eigenvalue weighted by Crippen LogP contribution is -2.19. The maximum Gasteiger partial charge on any atom is 0.139 e. The monoisotopic (exact) mass is 214 g/mol. The molecule has 1 aromatic heterocycles. The van der Waals surface area contributed by atoms with Gasteiger partial charge in [-0.05, 0) is 31.0 Å². The van der Waals surface area contributed by atoms with Gasteiger partial charge in [-0.2, -0.15) is 0 Å². The highest BCUT2D eigenvalue weighted by molar-refractivity contribution is 5.91. The van der Waals surface area contributed by atoms with Crippen LogP contribution >= 0.6 is 0 Å². The highest BCUT2D eigenvalue weighted by Crippen LogP contribution is 2.26. The molecule has 0 amide bonds. The van der Waals surface area contributed by atoms with Crippen molar-refractivity contribution in [3.05, 3.63) is 24.5 Å². The molecule has 1 aliphatic rings. The van der Waals surface area contributed by atoms with Crippen LogP contribution in [0.4, 0.5) is 11.5 Å². The van der Waals surface area contributed by atoms with Crippen molar-refractivity contribution < 1.29 is 0 Å². The van der Waals surface area contributed by atoms with E-state index in [0.717, 1.165) is 35.5 Å². The first-order valence-electron chi connectivity index (χ1n) is 5.60. The largest absolute Gasteiger partial charge is 0.399 e. The molecule has 2 aromatic rings. The van der Waals surface area contributed by atoms with E-state index in [0.29, 0.717) is 0 Å². The van der Waals surface area contributed by atoms with Gasteiger partial charge in [0.15, 0.2) is 0 Å². The minimum absolute atomic E-state index is 0.749. The molecular weight excluding hydrogens is 200 g/mol. The Morgan fingerprint density at radius 3 is 2.75 bits per heavy atom. The van der Waals surface area contributed by atoms with Crippen molar-refractivity contribution in [3.8, 4) is 0 Å². The molecule has 4 heteroatoms. The number of hydrogen-bond donors (Lipinski definition) is 1. The fourth-order valence-electron chi connectivity index (χ4n) is 2.24. The number of hydrogen-bond acceptors (Lipinski definition) is 4. The predicted molar refractivity (Wildman–Crippen MR) is 65.4 cm³/mol. The molecule has 0 atom stereocenters. The number of anilines is 2. The van der Waals surface area contributed by atoms with E-state index in [9.17, 15) is 0 Å². The minimum atomic E-state index is 0.749. The number of benzene rings is 1. The lowest BCUT2D eigenvalue weighted by Gasteiger charge is -2.17. The Hall–Kier alpha value is -1.84. The molecule has 0 spiro atoms. The van der Waals surface area contributed by atoms with Crippen LogP contribution in [0.2, 0.25) is 0 Å². The van der Waals surface area contributed by atoms with Crippen LogP contribution in [0.1, 0.15) is 12.8 Å². The van der Waals surface area contributed by atoms with Gasteiger partial charge in [0.25, 0.3) is 0 Å². The lowest BCUT2D eigenvalue weighted by molar-refractivity contribution is 0.939. The smallest absolute Gasteiger partial charge is 0.139 e. The van der Waals surface area contributed by atoms with Crippen LogP contribution in [0.15, 0.2) is 24.5 Å². The molecule has 4 nitrogen and oxygen atoms in total. The van der Waals surface area contributed by atoms with Gasteiger partial charge < -0.3 is 10.6 Å². The van der Waals surface area contributed by atoms with Crippen LogP contribution in [-0.2, 0) is 0 Å². The summed E-state index contributed by atoms with van der Waals surface area (Å²) in [7, 11) is 0. The second-order valence-corrected chi connectivity index (χ2v) is 4.17. The number of fused-ring (bicyclic) bond motifs is 1. The van der Waals surface area contributed by atoms with Gasteiger partial charge in [-0.3, -0.25) is 0 Å². The average Bonchev–Trinajstić information content (AvgIpc) is 2.81. The quantitative estimate of drug-likeness (QED) is 0.735. The van der Waals surface area contributed by atoms with Gasteiger partial charge in [0.1, 0.15) is 12.1 Å². The van der Waals surface area contributed by atoms with E-state index in [2.05, 4.69) is 14.9 Å². The van der Waals surface area contributed by atoms with Crippen molar-refractivity contribution in [1.82, 2.24) is 9.97 Å². The van der Waals surface area contributed by atoms with Gasteiger partial charge in [0.2, 0.25) is 0 Å². The third-order valence-electron chi connectivity index (χ3n) is 3.05. The summed E-state index contributed by atoms with van der Waals surface area (Å²) in [5, 5.41) is 1.10. The Labute approximate surface area is 94.1 Å². The van der Waals surface area contributed by atoms with Crippen LogP contribution in [0, 0.1) is 0 Å². The second kappa shape index (κ2) is 3.63. The van der Waals surface area contributed by atoms with Gasteiger partial charge in [-0.15, -0.1) is 0 Å². The van der Waals surface area contributed by atoms with Crippen molar-refractivity contribution in [2.24, 2.45) is 0 Å². The number of nitrogen functional groups attached to an aromatic ring is 1. The minimum Gasteiger partial charge on any atom is -0.399 e. The number of aromatic nitrogens is 2. The van der Waals surface area contributed by atoms with E-state index < -0.39 is 0 Å². The third kappa shape index (κ3) is 1.46. The summed E-state index contributed by atoms with van der Waals surface area (Å²) in [6.45, 7) is 2.19. The van der Waals surface area contributed by atoms with Crippen LogP contribution in [0.25, 0.3) is 10.9 Å².